The molecular weight excluding hydrogens is 528 g/mol. The zero-order valence-corrected chi connectivity index (χ0v) is 31.6. The van der Waals surface area contributed by atoms with Crippen LogP contribution in [0.25, 0.3) is 0 Å². The Bertz CT molecular complexity index is 501. The Morgan fingerprint density at radius 1 is 0.378 bits per heavy atom. The fourth-order valence-electron chi connectivity index (χ4n) is 6.47. The molecule has 0 bridgehead atoms. The SMILES string of the molecule is CC(C)C[Si](CC(C)C)(CC(C)C)[O][Ti]([O]C(C)C)([O]C(C)C)[O][Si](CC(C)C)(CC(C)C)CC(C)C. The molecule has 0 spiro atoms. The Morgan fingerprint density at radius 2 is 0.568 bits per heavy atom. The summed E-state index contributed by atoms with van der Waals surface area (Å²) < 4.78 is 29.2. The predicted molar refractivity (Wildman–Crippen MR) is 164 cm³/mol. The second kappa shape index (κ2) is 17.1. The minimum absolute atomic E-state index is 0.00597. The summed E-state index contributed by atoms with van der Waals surface area (Å²) in [7, 11) is -4.49. The van der Waals surface area contributed by atoms with Gasteiger partial charge in [-0.05, 0) is 0 Å². The van der Waals surface area contributed by atoms with Gasteiger partial charge in [-0.3, -0.25) is 0 Å². The van der Waals surface area contributed by atoms with Crippen LogP contribution < -0.4 is 0 Å². The van der Waals surface area contributed by atoms with Crippen molar-refractivity contribution in [2.75, 3.05) is 0 Å². The van der Waals surface area contributed by atoms with Crippen molar-refractivity contribution in [1.29, 1.82) is 0 Å². The van der Waals surface area contributed by atoms with Crippen LogP contribution in [0.1, 0.15) is 111 Å². The van der Waals surface area contributed by atoms with E-state index in [1.807, 2.05) is 0 Å². The molecule has 0 radical (unpaired) electrons. The second-order valence-electron chi connectivity index (χ2n) is 15.0. The fourth-order valence-corrected chi connectivity index (χ4v) is 29.0. The van der Waals surface area contributed by atoms with Gasteiger partial charge in [-0.2, -0.15) is 0 Å². The molecule has 0 aliphatic carbocycles. The van der Waals surface area contributed by atoms with Gasteiger partial charge in [0.25, 0.3) is 0 Å². The number of hydrogen-bond donors (Lipinski definition) is 0. The van der Waals surface area contributed by atoms with E-state index in [2.05, 4.69) is 111 Å². The molecule has 0 rings (SSSR count). The first-order chi connectivity index (χ1) is 16.7. The zero-order valence-electron chi connectivity index (χ0n) is 28.0. The maximum atomic E-state index is 7.67. The zero-order chi connectivity index (χ0) is 29.2. The summed E-state index contributed by atoms with van der Waals surface area (Å²) in [6.45, 7) is 36.7. The van der Waals surface area contributed by atoms with Gasteiger partial charge < -0.3 is 0 Å². The first-order valence-corrected chi connectivity index (χ1v) is 23.1. The Morgan fingerprint density at radius 3 is 0.703 bits per heavy atom. The average Bonchev–Trinajstić information content (AvgIpc) is 2.54. The van der Waals surface area contributed by atoms with Crippen LogP contribution in [0.15, 0.2) is 0 Å². The van der Waals surface area contributed by atoms with E-state index >= 15 is 0 Å². The number of hydrogen-bond acceptors (Lipinski definition) is 4. The van der Waals surface area contributed by atoms with Gasteiger partial charge in [0.2, 0.25) is 0 Å². The summed E-state index contributed by atoms with van der Waals surface area (Å²) >= 11 is -4.18. The van der Waals surface area contributed by atoms with E-state index in [1.54, 1.807) is 0 Å². The summed E-state index contributed by atoms with van der Waals surface area (Å²) in [6.07, 6.45) is 0.0119. The van der Waals surface area contributed by atoms with Crippen LogP contribution in [0.3, 0.4) is 0 Å². The molecule has 0 heterocycles. The molecule has 0 N–H and O–H groups in total. The summed E-state index contributed by atoms with van der Waals surface area (Å²) in [4.78, 5) is 0. The molecule has 0 aromatic carbocycles. The van der Waals surface area contributed by atoms with E-state index in [-0.39, 0.29) is 12.2 Å². The van der Waals surface area contributed by atoms with Crippen molar-refractivity contribution in [1.82, 2.24) is 0 Å². The molecule has 7 heteroatoms. The molecule has 0 saturated carbocycles. The van der Waals surface area contributed by atoms with E-state index < -0.39 is 34.8 Å². The second-order valence-corrected chi connectivity index (χ2v) is 26.8. The molecule has 37 heavy (non-hydrogen) atoms. The van der Waals surface area contributed by atoms with E-state index in [0.717, 1.165) is 36.3 Å². The van der Waals surface area contributed by atoms with Gasteiger partial charge in [0, 0.05) is 0 Å². The van der Waals surface area contributed by atoms with Gasteiger partial charge >= 0.3 is 242 Å². The van der Waals surface area contributed by atoms with E-state index in [4.69, 9.17) is 12.7 Å². The molecule has 0 unspecified atom stereocenters. The quantitative estimate of drug-likeness (QED) is 0.131. The average molecular weight is 597 g/mol. The van der Waals surface area contributed by atoms with Gasteiger partial charge in [0.1, 0.15) is 0 Å². The fraction of sp³-hybridized carbons (Fsp3) is 1.00. The van der Waals surface area contributed by atoms with Crippen molar-refractivity contribution in [3.8, 4) is 0 Å². The number of rotatable bonds is 20. The molecule has 0 aliphatic heterocycles. The van der Waals surface area contributed by atoms with Crippen LogP contribution in [0.4, 0.5) is 0 Å². The van der Waals surface area contributed by atoms with Crippen molar-refractivity contribution >= 4 is 16.6 Å². The van der Waals surface area contributed by atoms with E-state index in [1.165, 1.54) is 0 Å². The van der Waals surface area contributed by atoms with Gasteiger partial charge in [-0.25, -0.2) is 0 Å². The van der Waals surface area contributed by atoms with E-state index in [9.17, 15) is 0 Å². The standard InChI is InChI=1S/2C12H27OSi.2C3H7O.Ti/c2*1-10(2)7-14(13,8-11(3)4)9-12(5)6;2*1-3(2)4;/h2*10-12H,7-9H2,1-6H3;2*3H,1-2H3;/q4*-1;+4. The van der Waals surface area contributed by atoms with Crippen LogP contribution in [0.2, 0.25) is 36.3 Å². The van der Waals surface area contributed by atoms with Crippen LogP contribution in [-0.2, 0) is 30.8 Å². The topological polar surface area (TPSA) is 36.9 Å². The molecule has 0 aromatic heterocycles. The van der Waals surface area contributed by atoms with Crippen LogP contribution in [-0.4, -0.2) is 28.8 Å². The first kappa shape index (κ1) is 38.0. The Hall–Kier alpha value is 0.988. The van der Waals surface area contributed by atoms with Gasteiger partial charge in [0.15, 0.2) is 0 Å². The summed E-state index contributed by atoms with van der Waals surface area (Å²) in [5, 5.41) is 0. The molecule has 4 nitrogen and oxygen atoms in total. The van der Waals surface area contributed by atoms with Crippen molar-refractivity contribution < 1.29 is 30.8 Å². The van der Waals surface area contributed by atoms with Crippen molar-refractivity contribution in [3.63, 3.8) is 0 Å². The van der Waals surface area contributed by atoms with Gasteiger partial charge in [-0.15, -0.1) is 0 Å². The maximum absolute atomic E-state index is 7.67. The molecular formula is C30H68O4Si2Ti. The van der Waals surface area contributed by atoms with Gasteiger partial charge in [0.05, 0.1) is 0 Å². The molecule has 0 amide bonds. The minimum atomic E-state index is -4.18. The molecule has 0 fully saturated rings. The third-order valence-electron chi connectivity index (χ3n) is 6.12. The third-order valence-corrected chi connectivity index (χ3v) is 25.6. The normalized spacial score (nSPS) is 14.3. The van der Waals surface area contributed by atoms with Crippen LogP contribution in [0.5, 0.6) is 0 Å². The molecule has 0 saturated heterocycles. The molecule has 0 aromatic rings. The Balaban J connectivity index is 7.14. The first-order valence-electron chi connectivity index (χ1n) is 15.5. The Kier molecular flexibility index (Phi) is 17.5. The van der Waals surface area contributed by atoms with Gasteiger partial charge in [-0.1, -0.05) is 0 Å². The molecule has 0 aliphatic rings. The van der Waals surface area contributed by atoms with E-state index in [0.29, 0.717) is 35.5 Å². The summed E-state index contributed by atoms with van der Waals surface area (Å²) in [5.74, 6) is 3.45. The van der Waals surface area contributed by atoms with Crippen molar-refractivity contribution in [2.24, 2.45) is 35.5 Å². The predicted octanol–water partition coefficient (Wildman–Crippen LogP) is 10.5. The molecule has 224 valence electrons. The van der Waals surface area contributed by atoms with Crippen molar-refractivity contribution in [2.45, 2.75) is 159 Å². The van der Waals surface area contributed by atoms with Crippen LogP contribution >= 0.6 is 0 Å². The van der Waals surface area contributed by atoms with Crippen molar-refractivity contribution in [3.05, 3.63) is 0 Å². The monoisotopic (exact) mass is 596 g/mol. The molecule has 0 atom stereocenters. The van der Waals surface area contributed by atoms with Crippen LogP contribution in [0, 0.1) is 35.5 Å². The summed E-state index contributed by atoms with van der Waals surface area (Å²) in [5.41, 5.74) is 0. The Labute approximate surface area is 241 Å². The summed E-state index contributed by atoms with van der Waals surface area (Å²) in [6, 6.07) is 6.81. The third kappa shape index (κ3) is 16.1.